The SMILES string of the molecule is COC(=O)C(NS(=O)(=O)c1ccc(-c2ccc(OC)cc2)cc1)C1CCCC(N(C)S(C)(=O)=O)C1. The second-order valence-electron chi connectivity index (χ2n) is 8.73. The lowest BCUT2D eigenvalue weighted by Gasteiger charge is -2.36. The lowest BCUT2D eigenvalue weighted by atomic mass is 9.81. The summed E-state index contributed by atoms with van der Waals surface area (Å²) in [5.41, 5.74) is 1.73. The van der Waals surface area contributed by atoms with E-state index in [1.165, 1.54) is 30.6 Å². The summed E-state index contributed by atoms with van der Waals surface area (Å²) in [5, 5.41) is 0. The molecule has 0 heterocycles. The minimum atomic E-state index is -4.04. The van der Waals surface area contributed by atoms with Gasteiger partial charge in [0, 0.05) is 13.1 Å². The second-order valence-corrected chi connectivity index (χ2v) is 12.5. The summed E-state index contributed by atoms with van der Waals surface area (Å²) in [7, 11) is -3.16. The lowest BCUT2D eigenvalue weighted by Crippen LogP contribution is -2.50. The number of nitrogens with zero attached hydrogens (tertiary/aromatic N) is 1. The van der Waals surface area contributed by atoms with Gasteiger partial charge in [-0.2, -0.15) is 4.72 Å². The summed E-state index contributed by atoms with van der Waals surface area (Å²) in [4.78, 5) is 12.6. The molecule has 11 heteroatoms. The highest BCUT2D eigenvalue weighted by atomic mass is 32.2. The number of methoxy groups -OCH3 is 2. The third-order valence-electron chi connectivity index (χ3n) is 6.52. The Balaban J connectivity index is 1.80. The van der Waals surface area contributed by atoms with Crippen molar-refractivity contribution in [2.45, 2.75) is 42.7 Å². The van der Waals surface area contributed by atoms with Crippen LogP contribution in [0.25, 0.3) is 11.1 Å². The van der Waals surface area contributed by atoms with Gasteiger partial charge in [0.15, 0.2) is 0 Å². The Labute approximate surface area is 207 Å². The normalized spacial score (nSPS) is 19.8. The molecule has 2 aromatic rings. The van der Waals surface area contributed by atoms with Crippen molar-refractivity contribution in [2.24, 2.45) is 5.92 Å². The molecule has 0 aromatic heterocycles. The van der Waals surface area contributed by atoms with Crippen molar-refractivity contribution >= 4 is 26.0 Å². The summed E-state index contributed by atoms with van der Waals surface area (Å²) in [6.07, 6.45) is 3.37. The maximum atomic E-state index is 13.2. The number of sulfonamides is 2. The summed E-state index contributed by atoms with van der Waals surface area (Å²) in [5.74, 6) is -0.381. The number of rotatable bonds is 9. The van der Waals surface area contributed by atoms with E-state index in [4.69, 9.17) is 9.47 Å². The van der Waals surface area contributed by atoms with E-state index in [1.807, 2.05) is 24.3 Å². The number of benzene rings is 2. The van der Waals surface area contributed by atoms with Crippen LogP contribution in [0.3, 0.4) is 0 Å². The van der Waals surface area contributed by atoms with Crippen molar-refractivity contribution in [1.82, 2.24) is 9.03 Å². The lowest BCUT2D eigenvalue weighted by molar-refractivity contribution is -0.144. The van der Waals surface area contributed by atoms with Gasteiger partial charge in [0.1, 0.15) is 11.8 Å². The zero-order valence-electron chi connectivity index (χ0n) is 20.3. The Morgan fingerprint density at radius 2 is 1.54 bits per heavy atom. The van der Waals surface area contributed by atoms with Crippen LogP contribution in [0.15, 0.2) is 53.4 Å². The van der Waals surface area contributed by atoms with Gasteiger partial charge in [0.2, 0.25) is 20.0 Å². The number of esters is 1. The van der Waals surface area contributed by atoms with Gasteiger partial charge < -0.3 is 9.47 Å². The van der Waals surface area contributed by atoms with E-state index in [9.17, 15) is 21.6 Å². The molecular formula is C24H32N2O7S2. The van der Waals surface area contributed by atoms with Gasteiger partial charge >= 0.3 is 5.97 Å². The van der Waals surface area contributed by atoms with Gasteiger partial charge in [-0.25, -0.2) is 21.1 Å². The quantitative estimate of drug-likeness (QED) is 0.501. The Hall–Kier alpha value is -2.47. The molecule has 1 saturated carbocycles. The summed E-state index contributed by atoms with van der Waals surface area (Å²) >= 11 is 0. The fourth-order valence-corrected chi connectivity index (χ4v) is 6.40. The monoisotopic (exact) mass is 524 g/mol. The molecule has 1 fully saturated rings. The van der Waals surface area contributed by atoms with E-state index in [2.05, 4.69) is 4.72 Å². The Morgan fingerprint density at radius 3 is 2.06 bits per heavy atom. The van der Waals surface area contributed by atoms with Gasteiger partial charge in [-0.15, -0.1) is 0 Å². The maximum Gasteiger partial charge on any atom is 0.324 e. The van der Waals surface area contributed by atoms with E-state index >= 15 is 0 Å². The highest BCUT2D eigenvalue weighted by Gasteiger charge is 2.38. The predicted octanol–water partition coefficient (Wildman–Crippen LogP) is 2.63. The van der Waals surface area contributed by atoms with Gasteiger partial charge in [0.05, 0.1) is 25.4 Å². The van der Waals surface area contributed by atoms with Crippen LogP contribution in [0, 0.1) is 5.92 Å². The summed E-state index contributed by atoms with van der Waals surface area (Å²) in [6.45, 7) is 0. The number of ether oxygens (including phenoxy) is 2. The topological polar surface area (TPSA) is 119 Å². The van der Waals surface area contributed by atoms with Crippen LogP contribution in [0.2, 0.25) is 0 Å². The first-order chi connectivity index (χ1) is 16.5. The van der Waals surface area contributed by atoms with Crippen molar-refractivity contribution in [3.8, 4) is 16.9 Å². The summed E-state index contributed by atoms with van der Waals surface area (Å²) < 4.78 is 64.2. The smallest absolute Gasteiger partial charge is 0.324 e. The van der Waals surface area contributed by atoms with Crippen molar-refractivity contribution in [2.75, 3.05) is 27.5 Å². The number of nitrogens with one attached hydrogen (secondary N) is 1. The highest BCUT2D eigenvalue weighted by Crippen LogP contribution is 2.32. The third kappa shape index (κ3) is 6.60. The first-order valence-electron chi connectivity index (χ1n) is 11.2. The molecule has 3 rings (SSSR count). The third-order valence-corrected chi connectivity index (χ3v) is 9.32. The van der Waals surface area contributed by atoms with E-state index in [1.54, 1.807) is 19.2 Å². The summed E-state index contributed by atoms with van der Waals surface area (Å²) in [6, 6.07) is 12.3. The molecule has 3 unspecified atom stereocenters. The van der Waals surface area contributed by atoms with Gasteiger partial charge in [-0.05, 0) is 60.6 Å². The fourth-order valence-electron chi connectivity index (χ4n) is 4.41. The minimum absolute atomic E-state index is 0.0179. The van der Waals surface area contributed by atoms with Crippen molar-refractivity contribution < 1.29 is 31.1 Å². The molecule has 9 nitrogen and oxygen atoms in total. The first kappa shape index (κ1) is 27.1. The highest BCUT2D eigenvalue weighted by molar-refractivity contribution is 7.89. The van der Waals surface area contributed by atoms with Crippen LogP contribution >= 0.6 is 0 Å². The molecule has 0 amide bonds. The zero-order valence-corrected chi connectivity index (χ0v) is 21.9. The first-order valence-corrected chi connectivity index (χ1v) is 14.6. The Kier molecular flexibility index (Phi) is 8.58. The molecule has 1 aliphatic carbocycles. The number of carbonyl (C=O) groups is 1. The zero-order chi connectivity index (χ0) is 25.8. The van der Waals surface area contributed by atoms with E-state index < -0.39 is 38.0 Å². The predicted molar refractivity (Wildman–Crippen MR) is 133 cm³/mol. The van der Waals surface area contributed by atoms with Gasteiger partial charge in [-0.1, -0.05) is 30.7 Å². The molecule has 0 spiro atoms. The van der Waals surface area contributed by atoms with E-state index in [-0.39, 0.29) is 10.9 Å². The Bertz CT molecular complexity index is 1230. The molecular weight excluding hydrogens is 492 g/mol. The number of hydrogen-bond acceptors (Lipinski definition) is 7. The van der Waals surface area contributed by atoms with E-state index in [0.29, 0.717) is 25.7 Å². The molecule has 0 aliphatic heterocycles. The molecule has 2 aromatic carbocycles. The van der Waals surface area contributed by atoms with Gasteiger partial charge in [0.25, 0.3) is 0 Å². The number of carbonyl (C=O) groups excluding carboxylic acids is 1. The van der Waals surface area contributed by atoms with E-state index in [0.717, 1.165) is 23.1 Å². The second kappa shape index (κ2) is 11.1. The Morgan fingerprint density at radius 1 is 0.971 bits per heavy atom. The van der Waals surface area contributed by atoms with Crippen molar-refractivity contribution in [3.05, 3.63) is 48.5 Å². The van der Waals surface area contributed by atoms with Crippen molar-refractivity contribution in [1.29, 1.82) is 0 Å². The molecule has 192 valence electrons. The average molecular weight is 525 g/mol. The average Bonchev–Trinajstić information content (AvgIpc) is 2.86. The number of hydrogen-bond donors (Lipinski definition) is 1. The standard InChI is InChI=1S/C24H32N2O7S2/c1-26(34(4,28)29)20-7-5-6-19(16-20)23(24(27)33-3)25-35(30,31)22-14-10-18(11-15-22)17-8-12-21(32-2)13-9-17/h8-15,19-20,23,25H,5-7,16H2,1-4H3. The molecule has 3 atom stereocenters. The van der Waals surface area contributed by atoms with Crippen LogP contribution in [0.5, 0.6) is 5.75 Å². The van der Waals surface area contributed by atoms with Crippen LogP contribution in [-0.2, 0) is 29.6 Å². The molecule has 35 heavy (non-hydrogen) atoms. The fraction of sp³-hybridized carbons (Fsp3) is 0.458. The molecule has 0 saturated heterocycles. The van der Waals surface area contributed by atoms with Gasteiger partial charge in [-0.3, -0.25) is 4.79 Å². The van der Waals surface area contributed by atoms with Crippen LogP contribution in [0.4, 0.5) is 0 Å². The van der Waals surface area contributed by atoms with Crippen LogP contribution in [-0.4, -0.2) is 66.7 Å². The van der Waals surface area contributed by atoms with Crippen LogP contribution in [0.1, 0.15) is 25.7 Å². The molecule has 1 aliphatic rings. The maximum absolute atomic E-state index is 13.2. The molecule has 0 bridgehead atoms. The molecule has 0 radical (unpaired) electrons. The minimum Gasteiger partial charge on any atom is -0.497 e. The molecule has 1 N–H and O–H groups in total. The van der Waals surface area contributed by atoms with Crippen molar-refractivity contribution in [3.63, 3.8) is 0 Å². The van der Waals surface area contributed by atoms with Crippen LogP contribution < -0.4 is 9.46 Å². The largest absolute Gasteiger partial charge is 0.497 e.